The highest BCUT2D eigenvalue weighted by Crippen LogP contribution is 2.17. The van der Waals surface area contributed by atoms with Crippen LogP contribution in [0.2, 0.25) is 0 Å². The summed E-state index contributed by atoms with van der Waals surface area (Å²) in [7, 11) is 1.90. The fourth-order valence-electron chi connectivity index (χ4n) is 1.28. The standard InChI is InChI=1S/C10H14FN/c1-7-6-9(11)4-5-10(7)8(2)12-3/h4-6,8,12H,1-3H3/t8-/m0/s1. The van der Waals surface area contributed by atoms with E-state index in [4.69, 9.17) is 0 Å². The molecule has 0 unspecified atom stereocenters. The number of aryl methyl sites for hydroxylation is 1. The molecule has 1 atom stereocenters. The van der Waals surface area contributed by atoms with Crippen LogP contribution in [0.25, 0.3) is 0 Å². The van der Waals surface area contributed by atoms with Crippen LogP contribution in [0.15, 0.2) is 18.2 Å². The molecule has 0 saturated heterocycles. The van der Waals surface area contributed by atoms with E-state index in [1.54, 1.807) is 6.07 Å². The van der Waals surface area contributed by atoms with Gasteiger partial charge >= 0.3 is 0 Å². The van der Waals surface area contributed by atoms with Crippen molar-refractivity contribution >= 4 is 0 Å². The average Bonchev–Trinajstić information content (AvgIpc) is 2.03. The number of halogens is 1. The van der Waals surface area contributed by atoms with Gasteiger partial charge in [0.05, 0.1) is 0 Å². The van der Waals surface area contributed by atoms with Crippen LogP contribution in [0, 0.1) is 12.7 Å². The Kier molecular flexibility index (Phi) is 2.82. The van der Waals surface area contributed by atoms with E-state index >= 15 is 0 Å². The largest absolute Gasteiger partial charge is 0.313 e. The monoisotopic (exact) mass is 167 g/mol. The third-order valence-electron chi connectivity index (χ3n) is 2.13. The third-order valence-corrected chi connectivity index (χ3v) is 2.13. The highest BCUT2D eigenvalue weighted by Gasteiger charge is 2.05. The molecule has 0 heterocycles. The summed E-state index contributed by atoms with van der Waals surface area (Å²) in [5, 5.41) is 3.12. The molecule has 0 aromatic heterocycles. The molecule has 1 rings (SSSR count). The average molecular weight is 167 g/mol. The number of nitrogens with one attached hydrogen (secondary N) is 1. The Morgan fingerprint density at radius 2 is 2.08 bits per heavy atom. The Morgan fingerprint density at radius 3 is 2.58 bits per heavy atom. The van der Waals surface area contributed by atoms with Crippen molar-refractivity contribution in [2.45, 2.75) is 19.9 Å². The van der Waals surface area contributed by atoms with Crippen LogP contribution < -0.4 is 5.32 Å². The minimum atomic E-state index is -0.167. The second-order valence-corrected chi connectivity index (χ2v) is 3.01. The maximum atomic E-state index is 12.7. The maximum Gasteiger partial charge on any atom is 0.123 e. The van der Waals surface area contributed by atoms with Gasteiger partial charge in [-0.3, -0.25) is 0 Å². The Morgan fingerprint density at radius 1 is 1.42 bits per heavy atom. The van der Waals surface area contributed by atoms with Crippen molar-refractivity contribution in [1.29, 1.82) is 0 Å². The first kappa shape index (κ1) is 9.20. The number of hydrogen-bond acceptors (Lipinski definition) is 1. The van der Waals surface area contributed by atoms with Crippen LogP contribution >= 0.6 is 0 Å². The molecule has 0 spiro atoms. The molecule has 1 aromatic carbocycles. The lowest BCUT2D eigenvalue weighted by atomic mass is 10.0. The quantitative estimate of drug-likeness (QED) is 0.713. The summed E-state index contributed by atoms with van der Waals surface area (Å²) in [5.41, 5.74) is 2.15. The molecule has 0 aliphatic heterocycles. The summed E-state index contributed by atoms with van der Waals surface area (Å²) in [6, 6.07) is 5.16. The van der Waals surface area contributed by atoms with Crippen LogP contribution in [0.1, 0.15) is 24.1 Å². The van der Waals surface area contributed by atoms with Crippen molar-refractivity contribution in [3.8, 4) is 0 Å². The van der Waals surface area contributed by atoms with Crippen LogP contribution in [0.4, 0.5) is 4.39 Å². The van der Waals surface area contributed by atoms with Gasteiger partial charge < -0.3 is 5.32 Å². The van der Waals surface area contributed by atoms with E-state index in [-0.39, 0.29) is 11.9 Å². The van der Waals surface area contributed by atoms with E-state index in [2.05, 4.69) is 12.2 Å². The summed E-state index contributed by atoms with van der Waals surface area (Å²) >= 11 is 0. The molecule has 0 bridgehead atoms. The molecule has 0 aliphatic carbocycles. The maximum absolute atomic E-state index is 12.7. The van der Waals surface area contributed by atoms with Crippen molar-refractivity contribution in [1.82, 2.24) is 5.32 Å². The minimum Gasteiger partial charge on any atom is -0.313 e. The summed E-state index contributed by atoms with van der Waals surface area (Å²) in [6.07, 6.45) is 0. The molecule has 0 amide bonds. The molecule has 12 heavy (non-hydrogen) atoms. The predicted molar refractivity (Wildman–Crippen MR) is 48.6 cm³/mol. The van der Waals surface area contributed by atoms with Crippen molar-refractivity contribution in [3.05, 3.63) is 35.1 Å². The molecule has 1 N–H and O–H groups in total. The first-order valence-corrected chi connectivity index (χ1v) is 4.08. The number of rotatable bonds is 2. The van der Waals surface area contributed by atoms with E-state index in [1.165, 1.54) is 6.07 Å². The highest BCUT2D eigenvalue weighted by molar-refractivity contribution is 5.28. The summed E-state index contributed by atoms with van der Waals surface area (Å²) < 4.78 is 12.7. The zero-order valence-corrected chi connectivity index (χ0v) is 7.69. The van der Waals surface area contributed by atoms with Crippen LogP contribution in [-0.4, -0.2) is 7.05 Å². The van der Waals surface area contributed by atoms with E-state index < -0.39 is 0 Å². The van der Waals surface area contributed by atoms with Gasteiger partial charge in [-0.25, -0.2) is 4.39 Å². The third kappa shape index (κ3) is 1.83. The lowest BCUT2D eigenvalue weighted by Crippen LogP contribution is -2.13. The first-order chi connectivity index (χ1) is 5.65. The summed E-state index contributed by atoms with van der Waals surface area (Å²) in [6.45, 7) is 3.98. The molecular formula is C10H14FN. The van der Waals surface area contributed by atoms with E-state index in [9.17, 15) is 4.39 Å². The lowest BCUT2D eigenvalue weighted by molar-refractivity contribution is 0.615. The highest BCUT2D eigenvalue weighted by atomic mass is 19.1. The van der Waals surface area contributed by atoms with Crippen LogP contribution in [0.3, 0.4) is 0 Å². The van der Waals surface area contributed by atoms with Gasteiger partial charge in [-0.05, 0) is 44.2 Å². The normalized spacial score (nSPS) is 13.0. The zero-order chi connectivity index (χ0) is 9.14. The van der Waals surface area contributed by atoms with E-state index in [0.717, 1.165) is 11.1 Å². The van der Waals surface area contributed by atoms with Gasteiger partial charge in [-0.2, -0.15) is 0 Å². The van der Waals surface area contributed by atoms with Crippen LogP contribution in [-0.2, 0) is 0 Å². The van der Waals surface area contributed by atoms with Gasteiger partial charge in [0, 0.05) is 6.04 Å². The number of hydrogen-bond donors (Lipinski definition) is 1. The van der Waals surface area contributed by atoms with Crippen LogP contribution in [0.5, 0.6) is 0 Å². The summed E-state index contributed by atoms with van der Waals surface area (Å²) in [4.78, 5) is 0. The molecule has 2 heteroatoms. The Labute approximate surface area is 72.6 Å². The van der Waals surface area contributed by atoms with Gasteiger partial charge in [0.15, 0.2) is 0 Å². The van der Waals surface area contributed by atoms with Gasteiger partial charge in [0.25, 0.3) is 0 Å². The summed E-state index contributed by atoms with van der Waals surface area (Å²) in [5.74, 6) is -0.167. The molecule has 0 aliphatic rings. The Balaban J connectivity index is 3.01. The van der Waals surface area contributed by atoms with Crippen molar-refractivity contribution in [3.63, 3.8) is 0 Å². The van der Waals surface area contributed by atoms with Gasteiger partial charge in [0.2, 0.25) is 0 Å². The smallest absolute Gasteiger partial charge is 0.123 e. The van der Waals surface area contributed by atoms with Gasteiger partial charge in [0.1, 0.15) is 5.82 Å². The SMILES string of the molecule is CN[C@@H](C)c1ccc(F)cc1C. The molecule has 0 radical (unpaired) electrons. The molecule has 1 nitrogen and oxygen atoms in total. The Bertz CT molecular complexity index is 271. The molecule has 66 valence electrons. The van der Waals surface area contributed by atoms with E-state index in [0.29, 0.717) is 0 Å². The molecule has 0 saturated carbocycles. The second-order valence-electron chi connectivity index (χ2n) is 3.01. The van der Waals surface area contributed by atoms with Gasteiger partial charge in [-0.15, -0.1) is 0 Å². The fraction of sp³-hybridized carbons (Fsp3) is 0.400. The van der Waals surface area contributed by atoms with Crippen molar-refractivity contribution < 1.29 is 4.39 Å². The molecule has 1 aromatic rings. The first-order valence-electron chi connectivity index (χ1n) is 4.08. The number of benzene rings is 1. The van der Waals surface area contributed by atoms with Gasteiger partial charge in [-0.1, -0.05) is 6.07 Å². The molecular weight excluding hydrogens is 153 g/mol. The minimum absolute atomic E-state index is 0.167. The topological polar surface area (TPSA) is 12.0 Å². The molecule has 0 fully saturated rings. The van der Waals surface area contributed by atoms with E-state index in [1.807, 2.05) is 20.0 Å². The fourth-order valence-corrected chi connectivity index (χ4v) is 1.28. The Hall–Kier alpha value is -0.890. The zero-order valence-electron chi connectivity index (χ0n) is 7.69. The lowest BCUT2D eigenvalue weighted by Gasteiger charge is -2.13. The van der Waals surface area contributed by atoms with Crippen molar-refractivity contribution in [2.75, 3.05) is 7.05 Å². The van der Waals surface area contributed by atoms with Crippen molar-refractivity contribution in [2.24, 2.45) is 0 Å². The second kappa shape index (κ2) is 3.68. The predicted octanol–water partition coefficient (Wildman–Crippen LogP) is 2.41.